The van der Waals surface area contributed by atoms with Crippen LogP contribution in [0.3, 0.4) is 0 Å². The van der Waals surface area contributed by atoms with Gasteiger partial charge in [0.15, 0.2) is 0 Å². The smallest absolute Gasteiger partial charge is 0.225 e. The molecule has 90 valence electrons. The van der Waals surface area contributed by atoms with Gasteiger partial charge in [0.05, 0.1) is 17.1 Å². The maximum atomic E-state index is 11.5. The molecular weight excluding hydrogens is 222 g/mol. The van der Waals surface area contributed by atoms with E-state index in [0.29, 0.717) is 13.0 Å². The van der Waals surface area contributed by atoms with Crippen LogP contribution >= 0.6 is 11.3 Å². The van der Waals surface area contributed by atoms with Gasteiger partial charge in [0.1, 0.15) is 0 Å². The van der Waals surface area contributed by atoms with Crippen LogP contribution in [0.4, 0.5) is 0 Å². The molecule has 16 heavy (non-hydrogen) atoms. The predicted octanol–water partition coefficient (Wildman–Crippen LogP) is 1.02. The molecule has 0 fully saturated rings. The van der Waals surface area contributed by atoms with Crippen LogP contribution in [0.25, 0.3) is 0 Å². The van der Waals surface area contributed by atoms with Crippen LogP contribution in [0.15, 0.2) is 0 Å². The summed E-state index contributed by atoms with van der Waals surface area (Å²) < 4.78 is 0. The molecule has 0 aliphatic rings. The number of nitrogens with two attached hydrogens (primary N) is 1. The fourth-order valence-corrected chi connectivity index (χ4v) is 2.44. The largest absolute Gasteiger partial charge is 0.356 e. The Balaban J connectivity index is 2.55. The average molecular weight is 241 g/mol. The molecule has 1 aromatic rings. The number of carbonyl (C=O) groups is 1. The third-order valence-corrected chi connectivity index (χ3v) is 3.41. The summed E-state index contributed by atoms with van der Waals surface area (Å²) >= 11 is 1.59. The highest BCUT2D eigenvalue weighted by Gasteiger charge is 2.10. The number of nitrogens with zero attached hydrogens (tertiary/aromatic N) is 1. The van der Waals surface area contributed by atoms with Crippen molar-refractivity contribution in [2.24, 2.45) is 5.73 Å². The summed E-state index contributed by atoms with van der Waals surface area (Å²) in [5.41, 5.74) is 6.43. The second-order valence-corrected chi connectivity index (χ2v) is 4.85. The van der Waals surface area contributed by atoms with Gasteiger partial charge in [0.25, 0.3) is 0 Å². The van der Waals surface area contributed by atoms with Crippen LogP contribution in [0, 0.1) is 6.92 Å². The van der Waals surface area contributed by atoms with Crippen molar-refractivity contribution in [2.45, 2.75) is 33.1 Å². The van der Waals surface area contributed by atoms with Gasteiger partial charge in [0.2, 0.25) is 5.91 Å². The van der Waals surface area contributed by atoms with E-state index in [2.05, 4.69) is 10.3 Å². The van der Waals surface area contributed by atoms with Crippen LogP contribution < -0.4 is 11.1 Å². The summed E-state index contributed by atoms with van der Waals surface area (Å²) in [5.74, 6) is 0.0768. The molecule has 1 heterocycles. The summed E-state index contributed by atoms with van der Waals surface area (Å²) in [6.07, 6.45) is 2.20. The van der Waals surface area contributed by atoms with Gasteiger partial charge >= 0.3 is 0 Å². The van der Waals surface area contributed by atoms with Gasteiger partial charge in [-0.2, -0.15) is 0 Å². The molecule has 1 rings (SSSR count). The summed E-state index contributed by atoms with van der Waals surface area (Å²) in [7, 11) is 0. The molecule has 0 radical (unpaired) electrons. The SMILES string of the molecule is CCCNC(=O)Cc1sc(CCN)nc1C. The van der Waals surface area contributed by atoms with Gasteiger partial charge in [-0.15, -0.1) is 11.3 Å². The lowest BCUT2D eigenvalue weighted by Crippen LogP contribution is -2.25. The second kappa shape index (κ2) is 6.60. The van der Waals surface area contributed by atoms with Gasteiger partial charge in [-0.3, -0.25) is 4.79 Å². The van der Waals surface area contributed by atoms with Crippen molar-refractivity contribution in [3.8, 4) is 0 Å². The monoisotopic (exact) mass is 241 g/mol. The highest BCUT2D eigenvalue weighted by Crippen LogP contribution is 2.18. The fraction of sp³-hybridized carbons (Fsp3) is 0.636. The zero-order valence-electron chi connectivity index (χ0n) is 9.88. The Bertz CT molecular complexity index is 349. The Kier molecular flexibility index (Phi) is 5.42. The van der Waals surface area contributed by atoms with Crippen LogP contribution in [0.2, 0.25) is 0 Å². The standard InChI is InChI=1S/C11H19N3OS/c1-3-6-13-10(15)7-9-8(2)14-11(16-9)4-5-12/h3-7,12H2,1-2H3,(H,13,15). The van der Waals surface area contributed by atoms with E-state index >= 15 is 0 Å². The molecule has 1 amide bonds. The Morgan fingerprint density at radius 2 is 2.31 bits per heavy atom. The van der Waals surface area contributed by atoms with Gasteiger partial charge in [0, 0.05) is 17.8 Å². The Morgan fingerprint density at radius 1 is 1.56 bits per heavy atom. The topological polar surface area (TPSA) is 68.0 Å². The van der Waals surface area contributed by atoms with E-state index < -0.39 is 0 Å². The number of rotatable bonds is 6. The molecule has 3 N–H and O–H groups in total. The molecule has 0 saturated carbocycles. The lowest BCUT2D eigenvalue weighted by Gasteiger charge is -2.01. The van der Waals surface area contributed by atoms with Crippen LogP contribution in [0.1, 0.15) is 28.9 Å². The first-order valence-corrected chi connectivity index (χ1v) is 6.41. The van der Waals surface area contributed by atoms with Crippen molar-refractivity contribution in [2.75, 3.05) is 13.1 Å². The molecule has 5 heteroatoms. The molecule has 0 aromatic carbocycles. The van der Waals surface area contributed by atoms with E-state index in [9.17, 15) is 4.79 Å². The van der Waals surface area contributed by atoms with Crippen molar-refractivity contribution in [3.05, 3.63) is 15.6 Å². The average Bonchev–Trinajstić information content (AvgIpc) is 2.57. The molecule has 0 unspecified atom stereocenters. The van der Waals surface area contributed by atoms with Crippen LogP contribution in [-0.2, 0) is 17.6 Å². The van der Waals surface area contributed by atoms with E-state index in [4.69, 9.17) is 5.73 Å². The fourth-order valence-electron chi connectivity index (χ4n) is 1.36. The van der Waals surface area contributed by atoms with Crippen molar-refractivity contribution in [3.63, 3.8) is 0 Å². The zero-order valence-corrected chi connectivity index (χ0v) is 10.7. The third kappa shape index (κ3) is 3.90. The maximum Gasteiger partial charge on any atom is 0.225 e. The van der Waals surface area contributed by atoms with Crippen molar-refractivity contribution in [1.82, 2.24) is 10.3 Å². The first-order chi connectivity index (χ1) is 7.67. The molecule has 0 bridgehead atoms. The molecule has 0 atom stereocenters. The van der Waals surface area contributed by atoms with E-state index in [0.717, 1.165) is 35.0 Å². The van der Waals surface area contributed by atoms with E-state index in [-0.39, 0.29) is 5.91 Å². The lowest BCUT2D eigenvalue weighted by atomic mass is 10.3. The third-order valence-electron chi connectivity index (χ3n) is 2.19. The number of carbonyl (C=O) groups excluding carboxylic acids is 1. The normalized spacial score (nSPS) is 10.4. The van der Waals surface area contributed by atoms with Gasteiger partial charge in [-0.25, -0.2) is 4.98 Å². The summed E-state index contributed by atoms with van der Waals surface area (Å²) in [6.45, 7) is 5.33. The highest BCUT2D eigenvalue weighted by molar-refractivity contribution is 7.11. The number of aryl methyl sites for hydroxylation is 1. The Hall–Kier alpha value is -0.940. The number of amides is 1. The maximum absolute atomic E-state index is 11.5. The number of thiazole rings is 1. The second-order valence-electron chi connectivity index (χ2n) is 3.68. The summed E-state index contributed by atoms with van der Waals surface area (Å²) in [6, 6.07) is 0. The molecular formula is C11H19N3OS. The van der Waals surface area contributed by atoms with Crippen LogP contribution in [0.5, 0.6) is 0 Å². The highest BCUT2D eigenvalue weighted by atomic mass is 32.1. The van der Waals surface area contributed by atoms with Crippen molar-refractivity contribution in [1.29, 1.82) is 0 Å². The molecule has 0 saturated heterocycles. The van der Waals surface area contributed by atoms with Crippen LogP contribution in [-0.4, -0.2) is 24.0 Å². The van der Waals surface area contributed by atoms with E-state index in [1.165, 1.54) is 0 Å². The van der Waals surface area contributed by atoms with E-state index in [1.54, 1.807) is 11.3 Å². The van der Waals surface area contributed by atoms with E-state index in [1.807, 2.05) is 13.8 Å². The number of aromatic nitrogens is 1. The Labute approximate surface area is 100 Å². The minimum atomic E-state index is 0.0768. The first kappa shape index (κ1) is 13.1. The molecule has 4 nitrogen and oxygen atoms in total. The molecule has 0 aliphatic heterocycles. The number of hydrogen-bond acceptors (Lipinski definition) is 4. The quantitative estimate of drug-likeness (QED) is 0.781. The number of hydrogen-bond donors (Lipinski definition) is 2. The predicted molar refractivity (Wildman–Crippen MR) is 66.6 cm³/mol. The molecule has 0 aliphatic carbocycles. The zero-order chi connectivity index (χ0) is 12.0. The van der Waals surface area contributed by atoms with Gasteiger partial charge < -0.3 is 11.1 Å². The summed E-state index contributed by atoms with van der Waals surface area (Å²) in [4.78, 5) is 17.0. The number of nitrogens with one attached hydrogen (secondary N) is 1. The van der Waals surface area contributed by atoms with Gasteiger partial charge in [-0.05, 0) is 19.9 Å². The van der Waals surface area contributed by atoms with Gasteiger partial charge in [-0.1, -0.05) is 6.92 Å². The minimum absolute atomic E-state index is 0.0768. The molecule has 1 aromatic heterocycles. The first-order valence-electron chi connectivity index (χ1n) is 5.59. The minimum Gasteiger partial charge on any atom is -0.356 e. The lowest BCUT2D eigenvalue weighted by molar-refractivity contribution is -0.120. The Morgan fingerprint density at radius 3 is 2.94 bits per heavy atom. The van der Waals surface area contributed by atoms with Crippen molar-refractivity contribution >= 4 is 17.2 Å². The van der Waals surface area contributed by atoms with Crippen molar-refractivity contribution < 1.29 is 4.79 Å². The molecule has 0 spiro atoms. The summed E-state index contributed by atoms with van der Waals surface area (Å²) in [5, 5.41) is 3.89.